The number of para-hydroxylation sites is 1. The summed E-state index contributed by atoms with van der Waals surface area (Å²) in [7, 11) is 0. The number of nitrogens with zero attached hydrogens (tertiary/aromatic N) is 2. The number of nitrogens with two attached hydrogens (primary N) is 1. The first-order valence-corrected chi connectivity index (χ1v) is 6.30. The van der Waals surface area contributed by atoms with E-state index in [1.54, 1.807) is 12.1 Å². The molecule has 3 N–H and O–H groups in total. The Hall–Kier alpha value is -2.89. The van der Waals surface area contributed by atoms with E-state index in [4.69, 9.17) is 10.8 Å². The number of carbonyl (C=O) groups is 2. The quantitative estimate of drug-likeness (QED) is 0.812. The Morgan fingerprint density at radius 2 is 2.10 bits per heavy atom. The molecule has 6 heteroatoms. The van der Waals surface area contributed by atoms with E-state index in [1.165, 1.54) is 12.1 Å². The lowest BCUT2D eigenvalue weighted by Crippen LogP contribution is -2.36. The van der Waals surface area contributed by atoms with Gasteiger partial charge in [-0.25, -0.2) is 4.98 Å². The zero-order chi connectivity index (χ0) is 15.4. The van der Waals surface area contributed by atoms with Crippen molar-refractivity contribution in [1.82, 2.24) is 9.88 Å². The monoisotopic (exact) mass is 285 g/mol. The van der Waals surface area contributed by atoms with Crippen LogP contribution in [-0.4, -0.2) is 40.0 Å². The molecule has 1 aromatic heterocycles. The average Bonchev–Trinajstić information content (AvgIpc) is 2.45. The number of nitrogen functional groups attached to an aromatic ring is 1. The van der Waals surface area contributed by atoms with Crippen molar-refractivity contribution >= 4 is 28.5 Å². The molecule has 0 unspecified atom stereocenters. The molecule has 2 rings (SSSR count). The Balaban J connectivity index is 2.41. The number of carbonyl (C=O) groups excluding carboxylic acids is 1. The lowest BCUT2D eigenvalue weighted by molar-refractivity contribution is -0.137. The van der Waals surface area contributed by atoms with Gasteiger partial charge in [0.2, 0.25) is 0 Å². The second kappa shape index (κ2) is 6.04. The fraction of sp³-hybridized carbons (Fsp3) is 0.133. The Kier molecular flexibility index (Phi) is 4.18. The first-order valence-electron chi connectivity index (χ1n) is 6.30. The second-order valence-corrected chi connectivity index (χ2v) is 4.48. The third-order valence-electron chi connectivity index (χ3n) is 2.93. The van der Waals surface area contributed by atoms with E-state index < -0.39 is 18.4 Å². The average molecular weight is 285 g/mol. The molecule has 0 spiro atoms. The lowest BCUT2D eigenvalue weighted by atomic mass is 10.1. The fourth-order valence-corrected chi connectivity index (χ4v) is 2.01. The number of amides is 1. The third kappa shape index (κ3) is 3.17. The summed E-state index contributed by atoms with van der Waals surface area (Å²) in [6, 6.07) is 8.64. The van der Waals surface area contributed by atoms with Gasteiger partial charge in [-0.2, -0.15) is 0 Å². The summed E-state index contributed by atoms with van der Waals surface area (Å²) in [4.78, 5) is 28.6. The molecule has 1 heterocycles. The van der Waals surface area contributed by atoms with Gasteiger partial charge in [0.1, 0.15) is 12.2 Å². The van der Waals surface area contributed by atoms with Gasteiger partial charge in [0.05, 0.1) is 5.52 Å². The maximum atomic E-state index is 12.4. The summed E-state index contributed by atoms with van der Waals surface area (Å²) in [5.41, 5.74) is 7.06. The predicted octanol–water partition coefficient (Wildman–Crippen LogP) is 1.53. The van der Waals surface area contributed by atoms with Crippen molar-refractivity contribution in [2.24, 2.45) is 0 Å². The number of carboxylic acid groups (broad SMARTS) is 1. The minimum atomic E-state index is -1.10. The van der Waals surface area contributed by atoms with Crippen molar-refractivity contribution in [2.75, 3.05) is 18.8 Å². The minimum absolute atomic E-state index is 0.120. The zero-order valence-electron chi connectivity index (χ0n) is 11.3. The van der Waals surface area contributed by atoms with E-state index in [9.17, 15) is 9.59 Å². The van der Waals surface area contributed by atoms with Crippen LogP contribution in [0.1, 0.15) is 10.5 Å². The van der Waals surface area contributed by atoms with Crippen LogP contribution >= 0.6 is 0 Å². The molecule has 0 saturated heterocycles. The van der Waals surface area contributed by atoms with Crippen molar-refractivity contribution in [2.45, 2.75) is 0 Å². The van der Waals surface area contributed by atoms with Gasteiger partial charge in [0, 0.05) is 17.6 Å². The van der Waals surface area contributed by atoms with E-state index in [1.807, 2.05) is 12.1 Å². The number of pyridine rings is 1. The van der Waals surface area contributed by atoms with E-state index in [0.717, 1.165) is 10.3 Å². The summed E-state index contributed by atoms with van der Waals surface area (Å²) >= 11 is 0. The van der Waals surface area contributed by atoms with E-state index >= 15 is 0 Å². The number of carboxylic acids is 1. The molecule has 0 aliphatic carbocycles. The van der Waals surface area contributed by atoms with Gasteiger partial charge in [0.15, 0.2) is 0 Å². The van der Waals surface area contributed by atoms with Crippen LogP contribution in [0.4, 0.5) is 5.69 Å². The van der Waals surface area contributed by atoms with Crippen LogP contribution < -0.4 is 5.73 Å². The fourth-order valence-electron chi connectivity index (χ4n) is 2.01. The van der Waals surface area contributed by atoms with Gasteiger partial charge >= 0.3 is 5.97 Å². The molecular formula is C15H15N3O3. The van der Waals surface area contributed by atoms with Crippen LogP contribution in [0.2, 0.25) is 0 Å². The van der Waals surface area contributed by atoms with Gasteiger partial charge in [-0.05, 0) is 12.1 Å². The number of rotatable bonds is 5. The van der Waals surface area contributed by atoms with Crippen LogP contribution in [0.5, 0.6) is 0 Å². The Morgan fingerprint density at radius 3 is 2.76 bits per heavy atom. The number of fused-ring (bicyclic) bond motifs is 1. The number of hydrogen-bond acceptors (Lipinski definition) is 4. The molecule has 108 valence electrons. The molecule has 0 aliphatic heterocycles. The first-order chi connectivity index (χ1) is 10.0. The first kappa shape index (κ1) is 14.5. The predicted molar refractivity (Wildman–Crippen MR) is 79.9 cm³/mol. The van der Waals surface area contributed by atoms with Gasteiger partial charge in [-0.15, -0.1) is 6.58 Å². The van der Waals surface area contributed by atoms with Gasteiger partial charge < -0.3 is 15.7 Å². The topological polar surface area (TPSA) is 96.5 Å². The van der Waals surface area contributed by atoms with Crippen molar-refractivity contribution < 1.29 is 14.7 Å². The summed E-state index contributed by atoms with van der Waals surface area (Å²) in [5, 5.41) is 9.61. The van der Waals surface area contributed by atoms with Crippen molar-refractivity contribution in [1.29, 1.82) is 0 Å². The molecule has 2 aromatic rings. The largest absolute Gasteiger partial charge is 0.480 e. The molecule has 1 amide bonds. The van der Waals surface area contributed by atoms with E-state index in [-0.39, 0.29) is 12.2 Å². The minimum Gasteiger partial charge on any atom is -0.480 e. The van der Waals surface area contributed by atoms with Crippen LogP contribution in [-0.2, 0) is 4.79 Å². The molecule has 0 aliphatic rings. The van der Waals surface area contributed by atoms with Gasteiger partial charge in [-0.3, -0.25) is 9.59 Å². The molecule has 0 saturated carbocycles. The van der Waals surface area contributed by atoms with Crippen LogP contribution in [0.3, 0.4) is 0 Å². The highest BCUT2D eigenvalue weighted by molar-refractivity contribution is 6.00. The smallest absolute Gasteiger partial charge is 0.323 e. The number of aliphatic carboxylic acids is 1. The molecule has 1 aromatic carbocycles. The highest BCUT2D eigenvalue weighted by Gasteiger charge is 2.19. The number of hydrogen-bond donors (Lipinski definition) is 2. The number of anilines is 1. The SMILES string of the molecule is C=CCN(CC(=O)O)C(=O)c1cc(N)c2ccccc2n1. The van der Waals surface area contributed by atoms with Crippen molar-refractivity contribution in [3.8, 4) is 0 Å². The van der Waals surface area contributed by atoms with Crippen LogP contribution in [0.15, 0.2) is 43.0 Å². The van der Waals surface area contributed by atoms with E-state index in [0.29, 0.717) is 11.2 Å². The molecule has 0 bridgehead atoms. The molecule has 0 fully saturated rings. The standard InChI is InChI=1S/C15H15N3O3/c1-2-7-18(9-14(19)20)15(21)13-8-11(16)10-5-3-4-6-12(10)17-13/h2-6,8H,1,7,9H2,(H2,16,17)(H,19,20). The highest BCUT2D eigenvalue weighted by Crippen LogP contribution is 2.20. The third-order valence-corrected chi connectivity index (χ3v) is 2.93. The van der Waals surface area contributed by atoms with Crippen LogP contribution in [0.25, 0.3) is 10.9 Å². The second-order valence-electron chi connectivity index (χ2n) is 4.48. The molecule has 0 radical (unpaired) electrons. The molecule has 0 atom stereocenters. The summed E-state index contributed by atoms with van der Waals surface area (Å²) < 4.78 is 0. The van der Waals surface area contributed by atoms with Gasteiger partial charge in [0.25, 0.3) is 5.91 Å². The number of aromatic nitrogens is 1. The maximum Gasteiger partial charge on any atom is 0.323 e. The van der Waals surface area contributed by atoms with Gasteiger partial charge in [-0.1, -0.05) is 24.3 Å². The normalized spacial score (nSPS) is 10.3. The zero-order valence-corrected chi connectivity index (χ0v) is 11.3. The molecule has 21 heavy (non-hydrogen) atoms. The summed E-state index contributed by atoms with van der Waals surface area (Å²) in [6.45, 7) is 3.23. The Bertz CT molecular complexity index is 712. The lowest BCUT2D eigenvalue weighted by Gasteiger charge is -2.18. The summed E-state index contributed by atoms with van der Waals surface area (Å²) in [5.74, 6) is -1.59. The number of benzene rings is 1. The molecule has 6 nitrogen and oxygen atoms in total. The Labute approximate surface area is 121 Å². The molecular weight excluding hydrogens is 270 g/mol. The van der Waals surface area contributed by atoms with Crippen LogP contribution in [0, 0.1) is 0 Å². The highest BCUT2D eigenvalue weighted by atomic mass is 16.4. The maximum absolute atomic E-state index is 12.4. The van der Waals surface area contributed by atoms with Crippen molar-refractivity contribution in [3.05, 3.63) is 48.7 Å². The van der Waals surface area contributed by atoms with E-state index in [2.05, 4.69) is 11.6 Å². The summed E-state index contributed by atoms with van der Waals surface area (Å²) in [6.07, 6.45) is 1.46. The Morgan fingerprint density at radius 1 is 1.38 bits per heavy atom. The van der Waals surface area contributed by atoms with Crippen molar-refractivity contribution in [3.63, 3.8) is 0 Å².